The molecule has 1 aromatic heterocycles. The van der Waals surface area contributed by atoms with Gasteiger partial charge in [0, 0.05) is 13.1 Å². The monoisotopic (exact) mass is 384 g/mol. The molecule has 1 aromatic carbocycles. The number of methoxy groups -OCH3 is 1. The fourth-order valence-electron chi connectivity index (χ4n) is 3.45. The maximum absolute atomic E-state index is 13.1. The summed E-state index contributed by atoms with van der Waals surface area (Å²) in [7, 11) is 5.32. The van der Waals surface area contributed by atoms with Gasteiger partial charge in [0.15, 0.2) is 5.76 Å². The van der Waals surface area contributed by atoms with Crippen LogP contribution in [0.25, 0.3) is 0 Å². The Morgan fingerprint density at radius 3 is 2.57 bits per heavy atom. The summed E-state index contributed by atoms with van der Waals surface area (Å²) < 4.78 is 10.7. The number of benzene rings is 1. The fourth-order valence-corrected chi connectivity index (χ4v) is 3.45. The molecule has 0 spiro atoms. The highest BCUT2D eigenvalue weighted by atomic mass is 16.5. The Kier molecular flexibility index (Phi) is 5.65. The summed E-state index contributed by atoms with van der Waals surface area (Å²) in [5.74, 6) is -1.72. The third kappa shape index (κ3) is 3.71. The van der Waals surface area contributed by atoms with Gasteiger partial charge in [0.2, 0.25) is 11.6 Å². The molecule has 148 valence electrons. The lowest BCUT2D eigenvalue weighted by Crippen LogP contribution is -2.36. The SMILES string of the molecule is COc1cccc(C2C(C(=O)c3ccc(C)o3)C(=O)C(=O)N2CCN(C)C)c1. The van der Waals surface area contributed by atoms with Crippen molar-refractivity contribution in [3.05, 3.63) is 53.5 Å². The first-order chi connectivity index (χ1) is 13.3. The number of Topliss-reactive ketones (excluding diaryl/α,β-unsaturated/α-hetero) is 2. The van der Waals surface area contributed by atoms with E-state index in [1.54, 1.807) is 50.4 Å². The molecule has 1 aliphatic rings. The Bertz CT molecular complexity index is 902. The molecule has 0 N–H and O–H groups in total. The van der Waals surface area contributed by atoms with Crippen LogP contribution in [0, 0.1) is 12.8 Å². The minimum Gasteiger partial charge on any atom is -0.497 e. The average molecular weight is 384 g/mol. The zero-order valence-corrected chi connectivity index (χ0v) is 16.5. The number of aryl methyl sites for hydroxylation is 1. The number of nitrogens with zero attached hydrogens (tertiary/aromatic N) is 2. The number of furan rings is 1. The number of ether oxygens (including phenoxy) is 1. The predicted octanol–water partition coefficient (Wildman–Crippen LogP) is 2.11. The molecule has 3 rings (SSSR count). The Morgan fingerprint density at radius 1 is 1.21 bits per heavy atom. The van der Waals surface area contributed by atoms with Gasteiger partial charge in [0.1, 0.15) is 17.4 Å². The molecule has 0 aliphatic carbocycles. The number of likely N-dealkylation sites (N-methyl/N-ethyl adjacent to an activating group) is 1. The Balaban J connectivity index is 2.05. The molecule has 0 saturated carbocycles. The molecule has 0 bridgehead atoms. The zero-order chi connectivity index (χ0) is 20.4. The van der Waals surface area contributed by atoms with Gasteiger partial charge in [-0.05, 0) is 50.8 Å². The molecule has 2 atom stereocenters. The van der Waals surface area contributed by atoms with Crippen LogP contribution in [0.2, 0.25) is 0 Å². The van der Waals surface area contributed by atoms with E-state index in [-0.39, 0.29) is 5.76 Å². The van der Waals surface area contributed by atoms with Gasteiger partial charge in [-0.3, -0.25) is 14.4 Å². The molecular formula is C21H24N2O5. The molecule has 7 nitrogen and oxygen atoms in total. The Hall–Kier alpha value is -2.93. The van der Waals surface area contributed by atoms with Crippen LogP contribution in [0.3, 0.4) is 0 Å². The van der Waals surface area contributed by atoms with Gasteiger partial charge in [0.05, 0.1) is 13.2 Å². The summed E-state index contributed by atoms with van der Waals surface area (Å²) in [6, 6.07) is 9.62. The molecule has 0 radical (unpaired) electrons. The number of hydrogen-bond donors (Lipinski definition) is 0. The highest BCUT2D eigenvalue weighted by Gasteiger charge is 2.52. The van der Waals surface area contributed by atoms with Crippen molar-refractivity contribution in [2.45, 2.75) is 13.0 Å². The van der Waals surface area contributed by atoms with E-state index in [0.717, 1.165) is 0 Å². The van der Waals surface area contributed by atoms with E-state index in [0.29, 0.717) is 30.2 Å². The van der Waals surface area contributed by atoms with Gasteiger partial charge in [-0.25, -0.2) is 0 Å². The molecule has 7 heteroatoms. The van der Waals surface area contributed by atoms with E-state index in [2.05, 4.69) is 0 Å². The molecule has 1 fully saturated rings. The second-order valence-corrected chi connectivity index (χ2v) is 7.14. The predicted molar refractivity (Wildman–Crippen MR) is 102 cm³/mol. The molecule has 1 saturated heterocycles. The molecular weight excluding hydrogens is 360 g/mol. The number of carbonyl (C=O) groups is 3. The third-order valence-corrected chi connectivity index (χ3v) is 4.89. The van der Waals surface area contributed by atoms with Gasteiger partial charge in [-0.15, -0.1) is 0 Å². The summed E-state index contributed by atoms with van der Waals surface area (Å²) in [6.45, 7) is 2.63. The van der Waals surface area contributed by atoms with E-state index in [1.165, 1.54) is 4.90 Å². The van der Waals surface area contributed by atoms with E-state index in [4.69, 9.17) is 9.15 Å². The van der Waals surface area contributed by atoms with Crippen LogP contribution in [-0.4, -0.2) is 61.6 Å². The van der Waals surface area contributed by atoms with Gasteiger partial charge in [-0.1, -0.05) is 12.1 Å². The normalized spacial score (nSPS) is 19.5. The van der Waals surface area contributed by atoms with E-state index in [1.807, 2.05) is 19.0 Å². The van der Waals surface area contributed by atoms with Crippen LogP contribution in [-0.2, 0) is 9.59 Å². The van der Waals surface area contributed by atoms with E-state index in [9.17, 15) is 14.4 Å². The van der Waals surface area contributed by atoms with Gasteiger partial charge < -0.3 is 19.0 Å². The summed E-state index contributed by atoms with van der Waals surface area (Å²) in [4.78, 5) is 42.1. The lowest BCUT2D eigenvalue weighted by Gasteiger charge is -2.28. The quantitative estimate of drug-likeness (QED) is 0.413. The Morgan fingerprint density at radius 2 is 1.96 bits per heavy atom. The number of carbonyl (C=O) groups excluding carboxylic acids is 3. The Labute approximate surface area is 163 Å². The highest BCUT2D eigenvalue weighted by molar-refractivity contribution is 6.43. The molecule has 2 unspecified atom stereocenters. The largest absolute Gasteiger partial charge is 0.497 e. The minimum atomic E-state index is -1.15. The summed E-state index contributed by atoms with van der Waals surface area (Å²) in [6.07, 6.45) is 0. The highest BCUT2D eigenvalue weighted by Crippen LogP contribution is 2.39. The lowest BCUT2D eigenvalue weighted by atomic mass is 9.88. The summed E-state index contributed by atoms with van der Waals surface area (Å²) >= 11 is 0. The first-order valence-corrected chi connectivity index (χ1v) is 9.07. The van der Waals surface area contributed by atoms with E-state index >= 15 is 0 Å². The number of ketones is 2. The number of rotatable bonds is 7. The molecule has 2 heterocycles. The van der Waals surface area contributed by atoms with Crippen LogP contribution >= 0.6 is 0 Å². The van der Waals surface area contributed by atoms with Crippen molar-refractivity contribution in [2.24, 2.45) is 5.92 Å². The van der Waals surface area contributed by atoms with Crippen LogP contribution < -0.4 is 4.74 Å². The average Bonchev–Trinajstić information content (AvgIpc) is 3.21. The molecule has 2 aromatic rings. The van der Waals surface area contributed by atoms with Crippen molar-refractivity contribution in [3.63, 3.8) is 0 Å². The van der Waals surface area contributed by atoms with Crippen LogP contribution in [0.15, 0.2) is 40.8 Å². The molecule has 28 heavy (non-hydrogen) atoms. The number of likely N-dealkylation sites (tertiary alicyclic amines) is 1. The number of amides is 1. The van der Waals surface area contributed by atoms with Gasteiger partial charge in [0.25, 0.3) is 5.91 Å². The van der Waals surface area contributed by atoms with E-state index < -0.39 is 29.4 Å². The van der Waals surface area contributed by atoms with Crippen LogP contribution in [0.4, 0.5) is 0 Å². The minimum absolute atomic E-state index is 0.0889. The second-order valence-electron chi connectivity index (χ2n) is 7.14. The van der Waals surface area contributed by atoms with Crippen LogP contribution in [0.1, 0.15) is 27.9 Å². The zero-order valence-electron chi connectivity index (χ0n) is 16.5. The smallest absolute Gasteiger partial charge is 0.291 e. The maximum Gasteiger partial charge on any atom is 0.291 e. The fraction of sp³-hybridized carbons (Fsp3) is 0.381. The van der Waals surface area contributed by atoms with Crippen LogP contribution in [0.5, 0.6) is 5.75 Å². The number of hydrogen-bond acceptors (Lipinski definition) is 6. The van der Waals surface area contributed by atoms with Crippen molar-refractivity contribution in [2.75, 3.05) is 34.3 Å². The van der Waals surface area contributed by atoms with Crippen molar-refractivity contribution in [1.82, 2.24) is 9.80 Å². The summed E-state index contributed by atoms with van der Waals surface area (Å²) in [5.41, 5.74) is 0.680. The summed E-state index contributed by atoms with van der Waals surface area (Å²) in [5, 5.41) is 0. The standard InChI is InChI=1S/C21H24N2O5/c1-13-8-9-16(28-13)19(24)17-18(14-6-5-7-15(12-14)27-4)23(11-10-22(2)3)21(26)20(17)25/h5-9,12,17-18H,10-11H2,1-4H3. The second kappa shape index (κ2) is 7.98. The van der Waals surface area contributed by atoms with Crippen molar-refractivity contribution in [3.8, 4) is 5.75 Å². The topological polar surface area (TPSA) is 80.1 Å². The first kappa shape index (κ1) is 19.8. The maximum atomic E-state index is 13.1. The van der Waals surface area contributed by atoms with Crippen molar-refractivity contribution in [1.29, 1.82) is 0 Å². The first-order valence-electron chi connectivity index (χ1n) is 9.07. The van der Waals surface area contributed by atoms with Crippen molar-refractivity contribution < 1.29 is 23.5 Å². The van der Waals surface area contributed by atoms with Gasteiger partial charge in [-0.2, -0.15) is 0 Å². The third-order valence-electron chi connectivity index (χ3n) is 4.89. The molecule has 1 amide bonds. The molecule has 1 aliphatic heterocycles. The van der Waals surface area contributed by atoms with Gasteiger partial charge >= 0.3 is 0 Å². The lowest BCUT2D eigenvalue weighted by molar-refractivity contribution is -0.140. The van der Waals surface area contributed by atoms with Crippen molar-refractivity contribution >= 4 is 17.5 Å².